The number of hydrogen-bond acceptors (Lipinski definition) is 2. The molecule has 21 heavy (non-hydrogen) atoms. The summed E-state index contributed by atoms with van der Waals surface area (Å²) in [6.07, 6.45) is 0. The third-order valence-corrected chi connectivity index (χ3v) is 3.37. The van der Waals surface area contributed by atoms with Crippen molar-refractivity contribution in [3.8, 4) is 0 Å². The summed E-state index contributed by atoms with van der Waals surface area (Å²) in [5, 5.41) is 11.3. The van der Waals surface area contributed by atoms with Crippen molar-refractivity contribution >= 4 is 40.8 Å². The molecule has 0 unspecified atom stereocenters. The SMILES string of the molecule is O=C(O)c1ccc(NC(=O)c2cc(Cl)c(Cl)cc2F)cc1. The Balaban J connectivity index is 2.22. The second kappa shape index (κ2) is 6.11. The van der Waals surface area contributed by atoms with Gasteiger partial charge in [0, 0.05) is 5.69 Å². The van der Waals surface area contributed by atoms with Crippen LogP contribution < -0.4 is 5.32 Å². The van der Waals surface area contributed by atoms with E-state index in [0.29, 0.717) is 5.69 Å². The smallest absolute Gasteiger partial charge is 0.335 e. The number of carboxylic acids is 1. The fourth-order valence-corrected chi connectivity index (χ4v) is 1.91. The molecule has 0 atom stereocenters. The lowest BCUT2D eigenvalue weighted by atomic mass is 10.1. The zero-order valence-corrected chi connectivity index (χ0v) is 11.9. The molecule has 0 aromatic heterocycles. The maximum atomic E-state index is 13.7. The van der Waals surface area contributed by atoms with Crippen LogP contribution >= 0.6 is 23.2 Å². The van der Waals surface area contributed by atoms with E-state index >= 15 is 0 Å². The van der Waals surface area contributed by atoms with Gasteiger partial charge in [0.05, 0.1) is 21.2 Å². The third-order valence-electron chi connectivity index (χ3n) is 2.64. The van der Waals surface area contributed by atoms with Crippen LogP contribution in [0.5, 0.6) is 0 Å². The number of nitrogens with one attached hydrogen (secondary N) is 1. The van der Waals surface area contributed by atoms with Crippen LogP contribution in [0.15, 0.2) is 36.4 Å². The number of carbonyl (C=O) groups excluding carboxylic acids is 1. The van der Waals surface area contributed by atoms with Gasteiger partial charge in [-0.25, -0.2) is 9.18 Å². The van der Waals surface area contributed by atoms with Gasteiger partial charge in [0.1, 0.15) is 5.82 Å². The number of amides is 1. The van der Waals surface area contributed by atoms with Crippen molar-refractivity contribution in [3.63, 3.8) is 0 Å². The predicted octanol–water partition coefficient (Wildman–Crippen LogP) is 4.08. The lowest BCUT2D eigenvalue weighted by Crippen LogP contribution is -2.14. The molecule has 108 valence electrons. The van der Waals surface area contributed by atoms with Crippen molar-refractivity contribution in [3.05, 3.63) is 63.4 Å². The molecule has 0 aliphatic heterocycles. The number of hydrogen-bond donors (Lipinski definition) is 2. The molecule has 1 amide bonds. The molecule has 7 heteroatoms. The van der Waals surface area contributed by atoms with Crippen molar-refractivity contribution in [1.82, 2.24) is 0 Å². The van der Waals surface area contributed by atoms with Crippen LogP contribution in [-0.4, -0.2) is 17.0 Å². The summed E-state index contributed by atoms with van der Waals surface area (Å²) < 4.78 is 13.7. The molecule has 0 fully saturated rings. The highest BCUT2D eigenvalue weighted by molar-refractivity contribution is 6.42. The Morgan fingerprint density at radius 1 is 1.05 bits per heavy atom. The van der Waals surface area contributed by atoms with Crippen LogP contribution in [0.4, 0.5) is 10.1 Å². The van der Waals surface area contributed by atoms with Gasteiger partial charge in [-0.15, -0.1) is 0 Å². The summed E-state index contributed by atoms with van der Waals surface area (Å²) in [4.78, 5) is 22.7. The number of aromatic carboxylic acids is 1. The topological polar surface area (TPSA) is 66.4 Å². The first-order chi connectivity index (χ1) is 9.88. The number of anilines is 1. The fourth-order valence-electron chi connectivity index (χ4n) is 1.59. The van der Waals surface area contributed by atoms with Gasteiger partial charge in [-0.1, -0.05) is 23.2 Å². The molecule has 2 aromatic rings. The van der Waals surface area contributed by atoms with Gasteiger partial charge in [0.15, 0.2) is 0 Å². The summed E-state index contributed by atoms with van der Waals surface area (Å²) in [7, 11) is 0. The molecule has 2 aromatic carbocycles. The number of carboxylic acid groups (broad SMARTS) is 1. The molecule has 0 heterocycles. The van der Waals surface area contributed by atoms with Crippen LogP contribution in [-0.2, 0) is 0 Å². The molecule has 0 aliphatic rings. The molecule has 0 aliphatic carbocycles. The van der Waals surface area contributed by atoms with Gasteiger partial charge >= 0.3 is 5.97 Å². The zero-order chi connectivity index (χ0) is 15.6. The molecule has 0 saturated carbocycles. The van der Waals surface area contributed by atoms with Gasteiger partial charge in [-0.3, -0.25) is 4.79 Å². The van der Waals surface area contributed by atoms with E-state index in [0.717, 1.165) is 12.1 Å². The van der Waals surface area contributed by atoms with Gasteiger partial charge < -0.3 is 10.4 Å². The maximum Gasteiger partial charge on any atom is 0.335 e. The zero-order valence-electron chi connectivity index (χ0n) is 10.4. The Kier molecular flexibility index (Phi) is 4.45. The Morgan fingerprint density at radius 2 is 1.62 bits per heavy atom. The van der Waals surface area contributed by atoms with Crippen molar-refractivity contribution < 1.29 is 19.1 Å². The Bertz CT molecular complexity index is 717. The number of carbonyl (C=O) groups is 2. The first-order valence-electron chi connectivity index (χ1n) is 5.67. The van der Waals surface area contributed by atoms with Crippen LogP contribution in [0, 0.1) is 5.82 Å². The second-order valence-electron chi connectivity index (χ2n) is 4.08. The Morgan fingerprint density at radius 3 is 2.19 bits per heavy atom. The first-order valence-corrected chi connectivity index (χ1v) is 6.43. The van der Waals surface area contributed by atoms with Crippen LogP contribution in [0.25, 0.3) is 0 Å². The summed E-state index contributed by atoms with van der Waals surface area (Å²) in [6.45, 7) is 0. The lowest BCUT2D eigenvalue weighted by molar-refractivity contribution is 0.0696. The Labute approximate surface area is 129 Å². The van der Waals surface area contributed by atoms with E-state index in [2.05, 4.69) is 5.32 Å². The summed E-state index contributed by atoms with van der Waals surface area (Å²) in [5.74, 6) is -2.60. The summed E-state index contributed by atoms with van der Waals surface area (Å²) in [6, 6.07) is 7.52. The van der Waals surface area contributed by atoms with E-state index in [4.69, 9.17) is 28.3 Å². The predicted molar refractivity (Wildman–Crippen MR) is 77.8 cm³/mol. The number of rotatable bonds is 3. The molecule has 0 saturated heterocycles. The van der Waals surface area contributed by atoms with E-state index in [1.807, 2.05) is 0 Å². The average Bonchev–Trinajstić information content (AvgIpc) is 2.43. The largest absolute Gasteiger partial charge is 0.478 e. The fraction of sp³-hybridized carbons (Fsp3) is 0. The van der Waals surface area contributed by atoms with Crippen molar-refractivity contribution in [2.24, 2.45) is 0 Å². The number of halogens is 3. The van der Waals surface area contributed by atoms with Crippen LogP contribution in [0.3, 0.4) is 0 Å². The van der Waals surface area contributed by atoms with Crippen LogP contribution in [0.1, 0.15) is 20.7 Å². The van der Waals surface area contributed by atoms with Crippen molar-refractivity contribution in [2.75, 3.05) is 5.32 Å². The summed E-state index contributed by atoms with van der Waals surface area (Å²) in [5.41, 5.74) is 0.149. The highest BCUT2D eigenvalue weighted by Gasteiger charge is 2.15. The maximum absolute atomic E-state index is 13.7. The van der Waals surface area contributed by atoms with E-state index < -0.39 is 17.7 Å². The van der Waals surface area contributed by atoms with Crippen molar-refractivity contribution in [2.45, 2.75) is 0 Å². The lowest BCUT2D eigenvalue weighted by Gasteiger charge is -2.07. The normalized spacial score (nSPS) is 10.2. The quantitative estimate of drug-likeness (QED) is 0.834. The monoisotopic (exact) mass is 327 g/mol. The van der Waals surface area contributed by atoms with Gasteiger partial charge in [0.25, 0.3) is 5.91 Å². The molecule has 2 rings (SSSR count). The standard InChI is InChI=1S/C14H8Cl2FNO3/c15-10-5-9(12(17)6-11(10)16)13(19)18-8-3-1-7(2-4-8)14(20)21/h1-6H,(H,18,19)(H,20,21). The first kappa shape index (κ1) is 15.3. The van der Waals surface area contributed by atoms with Gasteiger partial charge in [-0.2, -0.15) is 0 Å². The average molecular weight is 328 g/mol. The Hall–Kier alpha value is -2.11. The molecule has 2 N–H and O–H groups in total. The number of benzene rings is 2. The highest BCUT2D eigenvalue weighted by Crippen LogP contribution is 2.25. The van der Waals surface area contributed by atoms with E-state index in [-0.39, 0.29) is 21.2 Å². The molecular formula is C14H8Cl2FNO3. The van der Waals surface area contributed by atoms with E-state index in [1.165, 1.54) is 24.3 Å². The van der Waals surface area contributed by atoms with Crippen LogP contribution in [0.2, 0.25) is 10.0 Å². The minimum Gasteiger partial charge on any atom is -0.478 e. The minimum atomic E-state index is -1.08. The van der Waals surface area contributed by atoms with E-state index in [9.17, 15) is 14.0 Å². The molecular weight excluding hydrogens is 320 g/mol. The molecule has 0 radical (unpaired) electrons. The summed E-state index contributed by atoms with van der Waals surface area (Å²) >= 11 is 11.4. The highest BCUT2D eigenvalue weighted by atomic mass is 35.5. The molecule has 4 nitrogen and oxygen atoms in total. The molecule has 0 bridgehead atoms. The van der Waals surface area contributed by atoms with Crippen molar-refractivity contribution in [1.29, 1.82) is 0 Å². The third kappa shape index (κ3) is 3.51. The minimum absolute atomic E-state index is 0.0107. The second-order valence-corrected chi connectivity index (χ2v) is 4.90. The van der Waals surface area contributed by atoms with E-state index in [1.54, 1.807) is 0 Å². The van der Waals surface area contributed by atoms with Gasteiger partial charge in [-0.05, 0) is 36.4 Å². The van der Waals surface area contributed by atoms with Gasteiger partial charge in [0.2, 0.25) is 0 Å². The molecule has 0 spiro atoms.